The maximum atomic E-state index is 9.17. The summed E-state index contributed by atoms with van der Waals surface area (Å²) < 4.78 is 0. The van der Waals surface area contributed by atoms with Crippen molar-refractivity contribution in [1.29, 1.82) is 0 Å². The zero-order valence-electron chi connectivity index (χ0n) is 14.7. The van der Waals surface area contributed by atoms with Crippen molar-refractivity contribution in [3.63, 3.8) is 0 Å². The number of nitrogens with two attached hydrogens (primary N) is 1. The molecule has 0 fully saturated rings. The summed E-state index contributed by atoms with van der Waals surface area (Å²) >= 11 is 0. The monoisotopic (exact) mass is 317 g/mol. The van der Waals surface area contributed by atoms with Crippen LogP contribution in [0.15, 0.2) is 0 Å². The van der Waals surface area contributed by atoms with Crippen LogP contribution in [0.3, 0.4) is 0 Å². The van der Waals surface area contributed by atoms with E-state index in [9.17, 15) is 10.2 Å². The molecule has 0 aliphatic carbocycles. The van der Waals surface area contributed by atoms with Gasteiger partial charge in [-0.25, -0.2) is 0 Å². The molecule has 3 nitrogen and oxygen atoms in total. The Labute approximate surface area is 133 Å². The van der Waals surface area contributed by atoms with Crippen molar-refractivity contribution in [1.82, 2.24) is 0 Å². The van der Waals surface area contributed by atoms with E-state index in [1.165, 1.54) is 57.0 Å². The summed E-state index contributed by atoms with van der Waals surface area (Å²) in [6.07, 6.45) is 11.2. The zero-order valence-corrected chi connectivity index (χ0v) is 15.7. The second-order valence-electron chi connectivity index (χ2n) is 7.57. The molecule has 4 N–H and O–H groups in total. The Hall–Kier alpha value is 0.0969. The summed E-state index contributed by atoms with van der Waals surface area (Å²) in [5, 5.41) is 18.3. The highest BCUT2D eigenvalue weighted by molar-refractivity contribution is 6.77. The highest BCUT2D eigenvalue weighted by Crippen LogP contribution is 2.24. The summed E-state index contributed by atoms with van der Waals surface area (Å²) in [6, 6.07) is 2.78. The van der Waals surface area contributed by atoms with Crippen molar-refractivity contribution >= 4 is 8.07 Å². The summed E-state index contributed by atoms with van der Waals surface area (Å²) in [7, 11) is -1.05. The molecule has 0 heterocycles. The molecule has 4 heteroatoms. The predicted molar refractivity (Wildman–Crippen MR) is 95.4 cm³/mol. The van der Waals surface area contributed by atoms with Gasteiger partial charge in [0.1, 0.15) is 0 Å². The lowest BCUT2D eigenvalue weighted by molar-refractivity contribution is 0.112. The van der Waals surface area contributed by atoms with Crippen LogP contribution >= 0.6 is 0 Å². The first-order chi connectivity index (χ1) is 9.89. The second kappa shape index (κ2) is 11.6. The van der Waals surface area contributed by atoms with Crippen molar-refractivity contribution < 1.29 is 10.2 Å². The maximum absolute atomic E-state index is 9.17. The fraction of sp³-hybridized carbons (Fsp3) is 1.00. The predicted octanol–water partition coefficient (Wildman–Crippen LogP) is 3.91. The average molecular weight is 318 g/mol. The van der Waals surface area contributed by atoms with Gasteiger partial charge in [-0.05, 0) is 6.42 Å². The van der Waals surface area contributed by atoms with E-state index < -0.39 is 13.6 Å². The molecule has 0 aliphatic rings. The van der Waals surface area contributed by atoms with Crippen molar-refractivity contribution in [3.05, 3.63) is 0 Å². The van der Waals surface area contributed by atoms with Gasteiger partial charge in [0.05, 0.1) is 18.8 Å². The molecule has 0 unspecified atom stereocenters. The Morgan fingerprint density at radius 2 is 1.29 bits per heavy atom. The fourth-order valence-electron chi connectivity index (χ4n) is 2.80. The van der Waals surface area contributed by atoms with Crippen LogP contribution < -0.4 is 5.73 Å². The van der Waals surface area contributed by atoms with E-state index >= 15 is 0 Å². The van der Waals surface area contributed by atoms with Crippen LogP contribution in [0.2, 0.25) is 25.2 Å². The molecule has 0 bridgehead atoms. The number of aliphatic hydroxyl groups is 2. The quantitative estimate of drug-likeness (QED) is 0.336. The minimum atomic E-state index is -1.05. The number of hydrogen-bond donors (Lipinski definition) is 3. The Kier molecular flexibility index (Phi) is 11.7. The Balaban J connectivity index is 3.68. The lowest BCUT2D eigenvalue weighted by Crippen LogP contribution is -2.47. The average Bonchev–Trinajstić information content (AvgIpc) is 2.47. The standard InChI is InChI=1S/C17H39NO2Si/c1-4-5-6-7-8-10-13-21(2,3)14-11-9-12-17(18,15-19)16-20/h19-20H,4-16,18H2,1-3H3. The van der Waals surface area contributed by atoms with Gasteiger partial charge in [-0.2, -0.15) is 0 Å². The normalized spacial score (nSPS) is 12.9. The van der Waals surface area contributed by atoms with E-state index in [0.717, 1.165) is 12.8 Å². The molecule has 0 spiro atoms. The van der Waals surface area contributed by atoms with Crippen molar-refractivity contribution in [2.75, 3.05) is 13.2 Å². The minimum Gasteiger partial charge on any atom is -0.394 e. The Morgan fingerprint density at radius 3 is 1.81 bits per heavy atom. The smallest absolute Gasteiger partial charge is 0.0633 e. The maximum Gasteiger partial charge on any atom is 0.0633 e. The molecule has 21 heavy (non-hydrogen) atoms. The van der Waals surface area contributed by atoms with Crippen molar-refractivity contribution in [2.24, 2.45) is 5.73 Å². The van der Waals surface area contributed by atoms with Crippen LogP contribution in [-0.4, -0.2) is 37.0 Å². The third-order valence-electron chi connectivity index (χ3n) is 4.62. The van der Waals surface area contributed by atoms with Gasteiger partial charge in [0.2, 0.25) is 0 Å². The summed E-state index contributed by atoms with van der Waals surface area (Å²) in [6.45, 7) is 7.00. The molecular formula is C17H39NO2Si. The minimum absolute atomic E-state index is 0.123. The molecule has 0 radical (unpaired) electrons. The highest BCUT2D eigenvalue weighted by Gasteiger charge is 2.24. The number of unbranched alkanes of at least 4 members (excludes halogenated alkanes) is 6. The van der Waals surface area contributed by atoms with Crippen LogP contribution in [0.4, 0.5) is 0 Å². The van der Waals surface area contributed by atoms with E-state index in [0.29, 0.717) is 0 Å². The molecule has 0 aromatic carbocycles. The van der Waals surface area contributed by atoms with Gasteiger partial charge in [-0.15, -0.1) is 0 Å². The molecule has 0 amide bonds. The zero-order chi connectivity index (χ0) is 16.2. The van der Waals surface area contributed by atoms with E-state index in [1.807, 2.05) is 0 Å². The number of hydrogen-bond acceptors (Lipinski definition) is 3. The SMILES string of the molecule is CCCCCCCC[Si](C)(C)CCCCC(N)(CO)CO. The van der Waals surface area contributed by atoms with E-state index in [2.05, 4.69) is 20.0 Å². The fourth-order valence-corrected chi connectivity index (χ4v) is 5.46. The summed E-state index contributed by atoms with van der Waals surface area (Å²) in [5.41, 5.74) is 5.12. The van der Waals surface area contributed by atoms with E-state index in [4.69, 9.17) is 5.73 Å². The van der Waals surface area contributed by atoms with Gasteiger partial charge >= 0.3 is 0 Å². The number of rotatable bonds is 14. The first-order valence-corrected chi connectivity index (χ1v) is 12.3. The van der Waals surface area contributed by atoms with Gasteiger partial charge < -0.3 is 15.9 Å². The van der Waals surface area contributed by atoms with Crippen LogP contribution in [0.5, 0.6) is 0 Å². The van der Waals surface area contributed by atoms with Gasteiger partial charge in [0.25, 0.3) is 0 Å². The van der Waals surface area contributed by atoms with Gasteiger partial charge in [0.15, 0.2) is 0 Å². The molecule has 0 aromatic heterocycles. The molecule has 0 saturated carbocycles. The van der Waals surface area contributed by atoms with Crippen LogP contribution in [0.25, 0.3) is 0 Å². The lowest BCUT2D eigenvalue weighted by Gasteiger charge is -2.26. The van der Waals surface area contributed by atoms with Crippen LogP contribution in [-0.2, 0) is 0 Å². The molecule has 0 aromatic rings. The molecule has 0 rings (SSSR count). The lowest BCUT2D eigenvalue weighted by atomic mass is 9.96. The van der Waals surface area contributed by atoms with Crippen molar-refractivity contribution in [3.8, 4) is 0 Å². The van der Waals surface area contributed by atoms with Gasteiger partial charge in [-0.1, -0.05) is 83.5 Å². The first-order valence-electron chi connectivity index (χ1n) is 8.90. The molecule has 0 saturated heterocycles. The third kappa shape index (κ3) is 11.3. The Morgan fingerprint density at radius 1 is 0.810 bits per heavy atom. The summed E-state index contributed by atoms with van der Waals surface area (Å²) in [4.78, 5) is 0. The molecule has 128 valence electrons. The van der Waals surface area contributed by atoms with E-state index in [-0.39, 0.29) is 13.2 Å². The van der Waals surface area contributed by atoms with Crippen LogP contribution in [0, 0.1) is 0 Å². The Bertz CT molecular complexity index is 243. The number of aliphatic hydroxyl groups excluding tert-OH is 2. The topological polar surface area (TPSA) is 66.5 Å². The summed E-state index contributed by atoms with van der Waals surface area (Å²) in [5.74, 6) is 0. The largest absolute Gasteiger partial charge is 0.394 e. The molecule has 0 atom stereocenters. The first kappa shape index (κ1) is 21.1. The molecule has 0 aliphatic heterocycles. The molecular weight excluding hydrogens is 278 g/mol. The second-order valence-corrected chi connectivity index (χ2v) is 12.9. The van der Waals surface area contributed by atoms with Crippen LogP contribution in [0.1, 0.15) is 64.7 Å². The highest BCUT2D eigenvalue weighted by atomic mass is 28.3. The van der Waals surface area contributed by atoms with Gasteiger partial charge in [-0.3, -0.25) is 0 Å². The third-order valence-corrected chi connectivity index (χ3v) is 8.03. The van der Waals surface area contributed by atoms with Gasteiger partial charge in [0, 0.05) is 8.07 Å². The van der Waals surface area contributed by atoms with E-state index in [1.54, 1.807) is 0 Å². The van der Waals surface area contributed by atoms with Crippen molar-refractivity contribution in [2.45, 2.75) is 95.4 Å².